The molecule has 0 aromatic carbocycles. The molecule has 24 heavy (non-hydrogen) atoms. The van der Waals surface area contributed by atoms with E-state index in [2.05, 4.69) is 10.6 Å². The smallest absolute Gasteiger partial charge is 0.322 e. The Hall–Kier alpha value is -1.98. The zero-order valence-electron chi connectivity index (χ0n) is 12.6. The van der Waals surface area contributed by atoms with Crippen LogP contribution in [0, 0.1) is 0 Å². The highest BCUT2D eigenvalue weighted by atomic mass is 32.2. The van der Waals surface area contributed by atoms with Crippen LogP contribution in [0.15, 0.2) is 21.7 Å². The molecule has 3 rings (SSSR count). The van der Waals surface area contributed by atoms with Gasteiger partial charge in [0.05, 0.1) is 6.42 Å². The first kappa shape index (κ1) is 16.9. The summed E-state index contributed by atoms with van der Waals surface area (Å²) in [5.74, 6) is -0.808. The molecule has 2 aliphatic rings. The maximum Gasteiger partial charge on any atom is 0.322 e. The van der Waals surface area contributed by atoms with E-state index in [4.69, 9.17) is 0 Å². The van der Waals surface area contributed by atoms with E-state index in [0.717, 1.165) is 11.3 Å². The molecular weight excluding hydrogens is 356 g/mol. The van der Waals surface area contributed by atoms with Gasteiger partial charge < -0.3 is 10.2 Å². The normalized spacial score (nSPS) is 22.3. The Morgan fingerprint density at radius 1 is 1.25 bits per heavy atom. The molecule has 0 unspecified atom stereocenters. The van der Waals surface area contributed by atoms with Crippen molar-refractivity contribution in [3.05, 3.63) is 17.5 Å². The summed E-state index contributed by atoms with van der Waals surface area (Å²) in [7, 11) is -3.51. The Balaban J connectivity index is 1.56. The first-order valence-electron chi connectivity index (χ1n) is 7.31. The van der Waals surface area contributed by atoms with Crippen LogP contribution < -0.4 is 10.6 Å². The van der Waals surface area contributed by atoms with E-state index in [9.17, 15) is 22.8 Å². The van der Waals surface area contributed by atoms with E-state index in [1.54, 1.807) is 17.5 Å². The fraction of sp³-hybridized carbons (Fsp3) is 0.462. The van der Waals surface area contributed by atoms with Crippen LogP contribution in [-0.4, -0.2) is 67.7 Å². The third-order valence-electron chi connectivity index (χ3n) is 3.92. The number of amides is 4. The van der Waals surface area contributed by atoms with E-state index in [0.29, 0.717) is 0 Å². The molecule has 130 valence electrons. The molecule has 1 atom stereocenters. The van der Waals surface area contributed by atoms with Gasteiger partial charge in [-0.3, -0.25) is 14.9 Å². The van der Waals surface area contributed by atoms with Gasteiger partial charge in [-0.2, -0.15) is 4.31 Å². The van der Waals surface area contributed by atoms with E-state index in [1.165, 1.54) is 9.21 Å². The first-order valence-corrected chi connectivity index (χ1v) is 9.62. The minimum Gasteiger partial charge on any atom is -0.340 e. The summed E-state index contributed by atoms with van der Waals surface area (Å²) < 4.78 is 26.5. The van der Waals surface area contributed by atoms with E-state index in [-0.39, 0.29) is 42.7 Å². The number of piperazine rings is 1. The quantitative estimate of drug-likeness (QED) is 0.670. The highest BCUT2D eigenvalue weighted by molar-refractivity contribution is 7.91. The summed E-state index contributed by atoms with van der Waals surface area (Å²) in [5, 5.41) is 6.15. The first-order chi connectivity index (χ1) is 11.4. The van der Waals surface area contributed by atoms with Crippen molar-refractivity contribution in [1.82, 2.24) is 19.8 Å². The zero-order valence-corrected chi connectivity index (χ0v) is 14.2. The fourth-order valence-corrected chi connectivity index (χ4v) is 5.19. The van der Waals surface area contributed by atoms with Crippen molar-refractivity contribution in [1.29, 1.82) is 0 Å². The summed E-state index contributed by atoms with van der Waals surface area (Å²) in [4.78, 5) is 36.2. The number of thiophene rings is 1. The summed E-state index contributed by atoms with van der Waals surface area (Å²) in [5.41, 5.74) is 0. The Morgan fingerprint density at radius 2 is 1.96 bits per heavy atom. The third-order valence-corrected chi connectivity index (χ3v) is 7.19. The van der Waals surface area contributed by atoms with Crippen LogP contribution in [0.2, 0.25) is 0 Å². The molecule has 1 aromatic heterocycles. The standard InChI is InChI=1S/C13H16N4O5S2/c18-10(8-9-12(19)15-13(20)14-9)16-3-5-17(6-4-16)24(21,22)11-2-1-7-23-11/h1-2,7,9H,3-6,8H2,(H2,14,15,19,20)/t9-/m0/s1. The number of hydrogen-bond acceptors (Lipinski definition) is 6. The molecule has 11 heteroatoms. The van der Waals surface area contributed by atoms with Crippen LogP contribution in [0.4, 0.5) is 4.79 Å². The predicted octanol–water partition coefficient (Wildman–Crippen LogP) is -0.821. The zero-order chi connectivity index (χ0) is 17.3. The van der Waals surface area contributed by atoms with Crippen LogP contribution >= 0.6 is 11.3 Å². The topological polar surface area (TPSA) is 116 Å². The number of rotatable bonds is 4. The van der Waals surface area contributed by atoms with Crippen LogP contribution in [0.1, 0.15) is 6.42 Å². The number of hydrogen-bond donors (Lipinski definition) is 2. The molecule has 0 bridgehead atoms. The van der Waals surface area contributed by atoms with Gasteiger partial charge in [-0.25, -0.2) is 13.2 Å². The molecule has 0 aliphatic carbocycles. The molecule has 1 aromatic rings. The van der Waals surface area contributed by atoms with E-state index >= 15 is 0 Å². The lowest BCUT2D eigenvalue weighted by Gasteiger charge is -2.34. The average Bonchev–Trinajstić information content (AvgIpc) is 3.18. The molecule has 9 nitrogen and oxygen atoms in total. The Kier molecular flexibility index (Phi) is 4.56. The maximum atomic E-state index is 12.4. The molecule has 2 fully saturated rings. The summed E-state index contributed by atoms with van der Waals surface area (Å²) >= 11 is 1.16. The number of sulfonamides is 1. The number of nitrogens with one attached hydrogen (secondary N) is 2. The van der Waals surface area contributed by atoms with Crippen molar-refractivity contribution in [3.8, 4) is 0 Å². The number of carbonyl (C=O) groups excluding carboxylic acids is 3. The van der Waals surface area contributed by atoms with Gasteiger partial charge in [-0.1, -0.05) is 6.07 Å². The number of carbonyl (C=O) groups is 3. The van der Waals surface area contributed by atoms with Gasteiger partial charge in [0.2, 0.25) is 5.91 Å². The van der Waals surface area contributed by atoms with Crippen molar-refractivity contribution in [2.24, 2.45) is 0 Å². The second kappa shape index (κ2) is 6.49. The second-order valence-electron chi connectivity index (χ2n) is 5.44. The van der Waals surface area contributed by atoms with Crippen LogP contribution in [0.5, 0.6) is 0 Å². The SMILES string of the molecule is O=C1NC(=O)[C@H](CC(=O)N2CCN(S(=O)(=O)c3cccs3)CC2)N1. The Labute approximate surface area is 142 Å². The van der Waals surface area contributed by atoms with Crippen molar-refractivity contribution < 1.29 is 22.8 Å². The molecule has 2 saturated heterocycles. The average molecular weight is 372 g/mol. The van der Waals surface area contributed by atoms with Gasteiger partial charge in [-0.05, 0) is 11.4 Å². The molecule has 3 heterocycles. The molecule has 2 N–H and O–H groups in total. The van der Waals surface area contributed by atoms with Crippen LogP contribution in [0.3, 0.4) is 0 Å². The van der Waals surface area contributed by atoms with Crippen molar-refractivity contribution in [2.45, 2.75) is 16.7 Å². The fourth-order valence-electron chi connectivity index (χ4n) is 2.62. The van der Waals surface area contributed by atoms with Crippen molar-refractivity contribution >= 4 is 39.2 Å². The van der Waals surface area contributed by atoms with Gasteiger partial charge in [0, 0.05) is 26.2 Å². The monoisotopic (exact) mass is 372 g/mol. The van der Waals surface area contributed by atoms with Gasteiger partial charge in [0.25, 0.3) is 15.9 Å². The Bertz CT molecular complexity index is 753. The molecular formula is C13H16N4O5S2. The van der Waals surface area contributed by atoms with E-state index in [1.807, 2.05) is 0 Å². The largest absolute Gasteiger partial charge is 0.340 e. The highest BCUT2D eigenvalue weighted by Crippen LogP contribution is 2.22. The summed E-state index contributed by atoms with van der Waals surface area (Å²) in [6, 6.07) is 1.76. The lowest BCUT2D eigenvalue weighted by Crippen LogP contribution is -2.51. The highest BCUT2D eigenvalue weighted by Gasteiger charge is 2.35. The van der Waals surface area contributed by atoms with Crippen LogP contribution in [0.25, 0.3) is 0 Å². The molecule has 0 saturated carbocycles. The maximum absolute atomic E-state index is 12.4. The predicted molar refractivity (Wildman–Crippen MR) is 84.7 cm³/mol. The molecule has 2 aliphatic heterocycles. The molecule has 0 spiro atoms. The van der Waals surface area contributed by atoms with Crippen molar-refractivity contribution in [2.75, 3.05) is 26.2 Å². The summed E-state index contributed by atoms with van der Waals surface area (Å²) in [6.45, 7) is 0.918. The van der Waals surface area contributed by atoms with Gasteiger partial charge in [0.1, 0.15) is 10.3 Å². The summed E-state index contributed by atoms with van der Waals surface area (Å²) in [6.07, 6.45) is -0.130. The third kappa shape index (κ3) is 3.28. The van der Waals surface area contributed by atoms with Crippen LogP contribution in [-0.2, 0) is 19.6 Å². The lowest BCUT2D eigenvalue weighted by atomic mass is 10.2. The second-order valence-corrected chi connectivity index (χ2v) is 8.55. The van der Waals surface area contributed by atoms with Crippen molar-refractivity contribution in [3.63, 3.8) is 0 Å². The minimum absolute atomic E-state index is 0.130. The lowest BCUT2D eigenvalue weighted by molar-refractivity contribution is -0.134. The number of imide groups is 1. The minimum atomic E-state index is -3.51. The Morgan fingerprint density at radius 3 is 2.50 bits per heavy atom. The van der Waals surface area contributed by atoms with Gasteiger partial charge >= 0.3 is 6.03 Å². The molecule has 4 amide bonds. The van der Waals surface area contributed by atoms with Gasteiger partial charge in [0.15, 0.2) is 0 Å². The number of urea groups is 1. The van der Waals surface area contributed by atoms with Gasteiger partial charge in [-0.15, -0.1) is 11.3 Å². The molecule has 0 radical (unpaired) electrons. The number of nitrogens with zero attached hydrogens (tertiary/aromatic N) is 2. The van der Waals surface area contributed by atoms with E-state index < -0.39 is 28.0 Å².